The molecule has 1 aliphatic rings. The third-order valence-electron chi connectivity index (χ3n) is 4.16. The normalized spacial score (nSPS) is 19.2. The van der Waals surface area contributed by atoms with E-state index in [-0.39, 0.29) is 0 Å². The molecule has 0 saturated carbocycles. The van der Waals surface area contributed by atoms with E-state index in [4.69, 9.17) is 9.47 Å². The quantitative estimate of drug-likeness (QED) is 0.299. The summed E-state index contributed by atoms with van der Waals surface area (Å²) in [6, 6.07) is 0. The number of ether oxygens (including phenoxy) is 2. The highest BCUT2D eigenvalue weighted by Gasteiger charge is 2.22. The van der Waals surface area contributed by atoms with Crippen LogP contribution in [-0.2, 0) is 9.47 Å². The van der Waals surface area contributed by atoms with E-state index < -0.39 is 0 Å². The maximum Gasteiger partial charge on any atom is 0.104 e. The first kappa shape index (κ1) is 18.0. The molecule has 1 aliphatic heterocycles. The van der Waals surface area contributed by atoms with Crippen molar-refractivity contribution in [3.63, 3.8) is 0 Å². The van der Waals surface area contributed by atoms with Gasteiger partial charge in [0.2, 0.25) is 0 Å². The monoisotopic (exact) mass is 284 g/mol. The molecule has 0 amide bonds. The second kappa shape index (κ2) is 12.6. The molecule has 0 N–H and O–H groups in total. The molecule has 0 spiro atoms. The Kier molecular flexibility index (Phi) is 11.4. The lowest BCUT2D eigenvalue weighted by atomic mass is 10.0. The van der Waals surface area contributed by atoms with Crippen LogP contribution in [0.15, 0.2) is 0 Å². The Morgan fingerprint density at radius 3 is 2.05 bits per heavy atom. The minimum absolute atomic E-state index is 0.416. The van der Waals surface area contributed by atoms with Gasteiger partial charge in [0.25, 0.3) is 0 Å². The van der Waals surface area contributed by atoms with Gasteiger partial charge in [-0.2, -0.15) is 0 Å². The molecule has 2 atom stereocenters. The maximum absolute atomic E-state index is 5.64. The van der Waals surface area contributed by atoms with Crippen LogP contribution in [0.4, 0.5) is 0 Å². The zero-order valence-corrected chi connectivity index (χ0v) is 13.9. The molecule has 120 valence electrons. The highest BCUT2D eigenvalue weighted by Crippen LogP contribution is 2.15. The van der Waals surface area contributed by atoms with Crippen molar-refractivity contribution in [3.05, 3.63) is 0 Å². The number of hydrogen-bond acceptors (Lipinski definition) is 2. The summed E-state index contributed by atoms with van der Waals surface area (Å²) in [5.74, 6) is 0.711. The summed E-state index contributed by atoms with van der Waals surface area (Å²) in [6.07, 6.45) is 16.0. The lowest BCUT2D eigenvalue weighted by Gasteiger charge is -2.11. The third kappa shape index (κ3) is 11.7. The van der Waals surface area contributed by atoms with Crippen LogP contribution in [0, 0.1) is 5.92 Å². The van der Waals surface area contributed by atoms with E-state index in [9.17, 15) is 0 Å². The van der Waals surface area contributed by atoms with Gasteiger partial charge in [-0.25, -0.2) is 0 Å². The first-order valence-corrected chi connectivity index (χ1v) is 9.02. The van der Waals surface area contributed by atoms with Gasteiger partial charge >= 0.3 is 0 Å². The first-order valence-electron chi connectivity index (χ1n) is 9.02. The van der Waals surface area contributed by atoms with Crippen molar-refractivity contribution in [2.24, 2.45) is 5.92 Å². The second-order valence-corrected chi connectivity index (χ2v) is 6.57. The van der Waals surface area contributed by atoms with Crippen molar-refractivity contribution < 1.29 is 9.47 Å². The smallest absolute Gasteiger partial charge is 0.104 e. The molecule has 1 rings (SSSR count). The Balaban J connectivity index is 1.70. The van der Waals surface area contributed by atoms with Gasteiger partial charge in [0.15, 0.2) is 0 Å². The fourth-order valence-corrected chi connectivity index (χ4v) is 2.63. The van der Waals surface area contributed by atoms with Crippen LogP contribution >= 0.6 is 0 Å². The summed E-state index contributed by atoms with van der Waals surface area (Å²) in [4.78, 5) is 0. The number of epoxide rings is 1. The first-order chi connectivity index (χ1) is 9.83. The minimum Gasteiger partial charge on any atom is -0.378 e. The molecule has 0 bridgehead atoms. The summed E-state index contributed by atoms with van der Waals surface area (Å²) in [5.41, 5.74) is 0. The van der Waals surface area contributed by atoms with E-state index in [0.717, 1.165) is 19.8 Å². The predicted octanol–water partition coefficient (Wildman–Crippen LogP) is 5.35. The van der Waals surface area contributed by atoms with Crippen molar-refractivity contribution in [3.8, 4) is 0 Å². The molecule has 20 heavy (non-hydrogen) atoms. The zero-order valence-electron chi connectivity index (χ0n) is 13.9. The zero-order chi connectivity index (χ0) is 14.5. The number of hydrogen-bond donors (Lipinski definition) is 0. The molecule has 0 aromatic carbocycles. The summed E-state index contributed by atoms with van der Waals surface area (Å²) < 4.78 is 10.8. The topological polar surface area (TPSA) is 21.8 Å². The van der Waals surface area contributed by atoms with Crippen molar-refractivity contribution in [1.29, 1.82) is 0 Å². The number of rotatable bonds is 15. The lowest BCUT2D eigenvalue weighted by molar-refractivity contribution is 0.0875. The Bertz CT molecular complexity index is 202. The van der Waals surface area contributed by atoms with Crippen molar-refractivity contribution >= 4 is 0 Å². The van der Waals surface area contributed by atoms with E-state index in [1.165, 1.54) is 70.6 Å². The fourth-order valence-electron chi connectivity index (χ4n) is 2.63. The highest BCUT2D eigenvalue weighted by molar-refractivity contribution is 4.67. The standard InChI is InChI=1S/C18H36O2/c1-3-4-5-6-7-8-9-10-11-12-13-17(2)14-19-15-18-16-20-18/h17-18H,3-16H2,1-2H3. The van der Waals surface area contributed by atoms with Gasteiger partial charge in [0.1, 0.15) is 6.10 Å². The fraction of sp³-hybridized carbons (Fsp3) is 1.00. The van der Waals surface area contributed by atoms with E-state index in [1.54, 1.807) is 0 Å². The maximum atomic E-state index is 5.64. The Morgan fingerprint density at radius 1 is 0.950 bits per heavy atom. The van der Waals surface area contributed by atoms with E-state index >= 15 is 0 Å². The molecule has 2 unspecified atom stereocenters. The second-order valence-electron chi connectivity index (χ2n) is 6.57. The molecule has 0 radical (unpaired) electrons. The van der Waals surface area contributed by atoms with E-state index in [1.807, 2.05) is 0 Å². The van der Waals surface area contributed by atoms with Gasteiger partial charge in [-0.1, -0.05) is 78.1 Å². The molecule has 0 aromatic rings. The van der Waals surface area contributed by atoms with Crippen LogP contribution in [-0.4, -0.2) is 25.9 Å². The van der Waals surface area contributed by atoms with Crippen LogP contribution in [0.25, 0.3) is 0 Å². The van der Waals surface area contributed by atoms with Crippen LogP contribution in [0.3, 0.4) is 0 Å². The molecule has 1 saturated heterocycles. The molecule has 1 heterocycles. The molecule has 1 fully saturated rings. The van der Waals surface area contributed by atoms with Crippen molar-refractivity contribution in [1.82, 2.24) is 0 Å². The van der Waals surface area contributed by atoms with Gasteiger partial charge < -0.3 is 9.47 Å². The average Bonchev–Trinajstić information content (AvgIpc) is 3.25. The summed E-state index contributed by atoms with van der Waals surface area (Å²) >= 11 is 0. The summed E-state index contributed by atoms with van der Waals surface area (Å²) in [6.45, 7) is 7.22. The summed E-state index contributed by atoms with van der Waals surface area (Å²) in [5, 5.41) is 0. The van der Waals surface area contributed by atoms with E-state index in [2.05, 4.69) is 13.8 Å². The van der Waals surface area contributed by atoms with Gasteiger partial charge in [-0.15, -0.1) is 0 Å². The molecule has 2 heteroatoms. The van der Waals surface area contributed by atoms with Crippen LogP contribution in [0.5, 0.6) is 0 Å². The summed E-state index contributed by atoms with van der Waals surface area (Å²) in [7, 11) is 0. The Labute approximate surface area is 126 Å². The van der Waals surface area contributed by atoms with Gasteiger partial charge in [-0.05, 0) is 12.3 Å². The average molecular weight is 284 g/mol. The third-order valence-corrected chi connectivity index (χ3v) is 4.16. The number of unbranched alkanes of at least 4 members (excludes halogenated alkanes) is 9. The minimum atomic E-state index is 0.416. The largest absolute Gasteiger partial charge is 0.378 e. The Hall–Kier alpha value is -0.0800. The predicted molar refractivity (Wildman–Crippen MR) is 86.2 cm³/mol. The molecule has 0 aliphatic carbocycles. The van der Waals surface area contributed by atoms with Crippen LogP contribution in [0.2, 0.25) is 0 Å². The lowest BCUT2D eigenvalue weighted by Crippen LogP contribution is -2.09. The molecule has 2 nitrogen and oxygen atoms in total. The van der Waals surface area contributed by atoms with Crippen LogP contribution < -0.4 is 0 Å². The van der Waals surface area contributed by atoms with E-state index in [0.29, 0.717) is 12.0 Å². The molecule has 0 aromatic heterocycles. The van der Waals surface area contributed by atoms with Gasteiger partial charge in [0.05, 0.1) is 13.2 Å². The SMILES string of the molecule is CCCCCCCCCCCCC(C)COCC1CO1. The van der Waals surface area contributed by atoms with Gasteiger partial charge in [-0.3, -0.25) is 0 Å². The Morgan fingerprint density at radius 2 is 1.50 bits per heavy atom. The molecular weight excluding hydrogens is 248 g/mol. The highest BCUT2D eigenvalue weighted by atomic mass is 16.6. The van der Waals surface area contributed by atoms with Crippen LogP contribution in [0.1, 0.15) is 84.5 Å². The van der Waals surface area contributed by atoms with Crippen molar-refractivity contribution in [2.45, 2.75) is 90.6 Å². The van der Waals surface area contributed by atoms with Crippen molar-refractivity contribution in [2.75, 3.05) is 19.8 Å². The van der Waals surface area contributed by atoms with Gasteiger partial charge in [0, 0.05) is 6.61 Å². The molecular formula is C18H36O2.